The van der Waals surface area contributed by atoms with E-state index in [1.165, 1.54) is 0 Å². The number of anilines is 1. The van der Waals surface area contributed by atoms with Crippen LogP contribution in [0, 0.1) is 6.92 Å². The number of rotatable bonds is 2. The minimum Gasteiger partial charge on any atom is -0.328 e. The first-order valence-corrected chi connectivity index (χ1v) is 6.34. The highest BCUT2D eigenvalue weighted by molar-refractivity contribution is 9.10. The van der Waals surface area contributed by atoms with E-state index in [0.717, 1.165) is 15.7 Å². The SMILES string of the molecule is Cc1ccc(N2CC(CN)N(C)C2=O)cc1Br. The molecule has 4 nitrogen and oxygen atoms in total. The molecule has 1 fully saturated rings. The maximum absolute atomic E-state index is 12.1. The van der Waals surface area contributed by atoms with Gasteiger partial charge in [-0.15, -0.1) is 0 Å². The van der Waals surface area contributed by atoms with Gasteiger partial charge in [0.05, 0.1) is 6.04 Å². The normalized spacial score (nSPS) is 20.2. The van der Waals surface area contributed by atoms with E-state index in [-0.39, 0.29) is 12.1 Å². The van der Waals surface area contributed by atoms with Crippen LogP contribution in [-0.2, 0) is 0 Å². The van der Waals surface area contributed by atoms with Crippen molar-refractivity contribution in [1.29, 1.82) is 0 Å². The van der Waals surface area contributed by atoms with Crippen molar-refractivity contribution in [1.82, 2.24) is 4.90 Å². The first-order valence-electron chi connectivity index (χ1n) is 5.55. The van der Waals surface area contributed by atoms with Crippen molar-refractivity contribution in [3.05, 3.63) is 28.2 Å². The first-order chi connectivity index (χ1) is 8.04. The van der Waals surface area contributed by atoms with E-state index in [2.05, 4.69) is 15.9 Å². The maximum Gasteiger partial charge on any atom is 0.324 e. The highest BCUT2D eigenvalue weighted by Gasteiger charge is 2.34. The van der Waals surface area contributed by atoms with E-state index in [4.69, 9.17) is 5.73 Å². The van der Waals surface area contributed by atoms with E-state index in [9.17, 15) is 4.79 Å². The van der Waals surface area contributed by atoms with Gasteiger partial charge in [0.1, 0.15) is 0 Å². The van der Waals surface area contributed by atoms with Crippen molar-refractivity contribution >= 4 is 27.6 Å². The van der Waals surface area contributed by atoms with Crippen LogP contribution in [0.3, 0.4) is 0 Å². The lowest BCUT2D eigenvalue weighted by Crippen LogP contribution is -2.35. The third kappa shape index (κ3) is 2.17. The van der Waals surface area contributed by atoms with Crippen molar-refractivity contribution in [3.8, 4) is 0 Å². The molecule has 2 N–H and O–H groups in total. The predicted molar refractivity (Wildman–Crippen MR) is 72.2 cm³/mol. The number of likely N-dealkylation sites (N-methyl/N-ethyl adjacent to an activating group) is 1. The number of carbonyl (C=O) groups excluding carboxylic acids is 1. The van der Waals surface area contributed by atoms with Gasteiger partial charge in [0, 0.05) is 30.3 Å². The molecule has 5 heteroatoms. The number of hydrogen-bond donors (Lipinski definition) is 1. The van der Waals surface area contributed by atoms with Gasteiger partial charge in [-0.3, -0.25) is 4.90 Å². The van der Waals surface area contributed by atoms with Crippen LogP contribution in [0.25, 0.3) is 0 Å². The molecule has 1 atom stereocenters. The largest absolute Gasteiger partial charge is 0.328 e. The Bertz CT molecular complexity index is 449. The van der Waals surface area contributed by atoms with Gasteiger partial charge in [-0.1, -0.05) is 22.0 Å². The molecule has 0 spiro atoms. The zero-order chi connectivity index (χ0) is 12.6. The number of amides is 2. The second-order valence-electron chi connectivity index (χ2n) is 4.33. The lowest BCUT2D eigenvalue weighted by molar-refractivity contribution is 0.219. The van der Waals surface area contributed by atoms with Crippen molar-refractivity contribution < 1.29 is 4.79 Å². The summed E-state index contributed by atoms with van der Waals surface area (Å²) in [5.41, 5.74) is 7.72. The molecule has 1 aliphatic rings. The average molecular weight is 298 g/mol. The Labute approximate surface area is 110 Å². The number of halogens is 1. The fourth-order valence-electron chi connectivity index (χ4n) is 1.96. The fraction of sp³-hybridized carbons (Fsp3) is 0.417. The molecule has 0 saturated carbocycles. The van der Waals surface area contributed by atoms with Gasteiger partial charge in [-0.05, 0) is 24.6 Å². The Morgan fingerprint density at radius 1 is 1.53 bits per heavy atom. The van der Waals surface area contributed by atoms with Crippen LogP contribution >= 0.6 is 15.9 Å². The van der Waals surface area contributed by atoms with Gasteiger partial charge in [0.15, 0.2) is 0 Å². The lowest BCUT2D eigenvalue weighted by atomic mass is 10.2. The minimum absolute atomic E-state index is 0.0104. The summed E-state index contributed by atoms with van der Waals surface area (Å²) in [6.45, 7) is 3.17. The molecule has 0 radical (unpaired) electrons. The van der Waals surface area contributed by atoms with Gasteiger partial charge in [-0.25, -0.2) is 4.79 Å². The number of aryl methyl sites for hydroxylation is 1. The van der Waals surface area contributed by atoms with Crippen LogP contribution in [0.1, 0.15) is 5.56 Å². The summed E-state index contributed by atoms with van der Waals surface area (Å²) >= 11 is 3.48. The van der Waals surface area contributed by atoms with E-state index < -0.39 is 0 Å². The second-order valence-corrected chi connectivity index (χ2v) is 5.18. The number of nitrogens with zero attached hydrogens (tertiary/aromatic N) is 2. The molecule has 0 bridgehead atoms. The Kier molecular flexibility index (Phi) is 3.40. The molecular weight excluding hydrogens is 282 g/mol. The standard InChI is InChI=1S/C12H16BrN3O/c1-8-3-4-9(5-11(8)13)16-7-10(6-14)15(2)12(16)17/h3-5,10H,6-7,14H2,1-2H3. The molecule has 1 saturated heterocycles. The summed E-state index contributed by atoms with van der Waals surface area (Å²) in [6, 6.07) is 6.05. The molecule has 92 valence electrons. The molecule has 0 aliphatic carbocycles. The quantitative estimate of drug-likeness (QED) is 0.907. The fourth-order valence-corrected chi connectivity index (χ4v) is 2.32. The zero-order valence-electron chi connectivity index (χ0n) is 9.98. The Morgan fingerprint density at radius 2 is 2.24 bits per heavy atom. The molecule has 1 aromatic rings. The number of urea groups is 1. The van der Waals surface area contributed by atoms with Gasteiger partial charge in [-0.2, -0.15) is 0 Å². The molecule has 2 rings (SSSR count). The summed E-state index contributed by atoms with van der Waals surface area (Å²) in [4.78, 5) is 15.5. The third-order valence-electron chi connectivity index (χ3n) is 3.21. The highest BCUT2D eigenvalue weighted by Crippen LogP contribution is 2.27. The highest BCUT2D eigenvalue weighted by atomic mass is 79.9. The molecule has 1 aromatic carbocycles. The summed E-state index contributed by atoms with van der Waals surface area (Å²) < 4.78 is 1.02. The van der Waals surface area contributed by atoms with Crippen LogP contribution in [0.15, 0.2) is 22.7 Å². The van der Waals surface area contributed by atoms with E-state index in [1.807, 2.05) is 25.1 Å². The van der Waals surface area contributed by atoms with E-state index in [0.29, 0.717) is 13.1 Å². The van der Waals surface area contributed by atoms with Gasteiger partial charge in [0.2, 0.25) is 0 Å². The lowest BCUT2D eigenvalue weighted by Gasteiger charge is -2.16. The van der Waals surface area contributed by atoms with Gasteiger partial charge >= 0.3 is 6.03 Å². The van der Waals surface area contributed by atoms with Crippen LogP contribution in [-0.4, -0.2) is 37.1 Å². The summed E-state index contributed by atoms with van der Waals surface area (Å²) in [5.74, 6) is 0. The third-order valence-corrected chi connectivity index (χ3v) is 4.07. The Balaban J connectivity index is 2.29. The topological polar surface area (TPSA) is 49.6 Å². The van der Waals surface area contributed by atoms with Crippen LogP contribution in [0.4, 0.5) is 10.5 Å². The molecule has 1 aliphatic heterocycles. The van der Waals surface area contributed by atoms with Crippen molar-refractivity contribution in [2.24, 2.45) is 5.73 Å². The maximum atomic E-state index is 12.1. The Hall–Kier alpha value is -1.07. The van der Waals surface area contributed by atoms with Crippen LogP contribution in [0.5, 0.6) is 0 Å². The monoisotopic (exact) mass is 297 g/mol. The minimum atomic E-state index is 0.0104. The van der Waals surface area contributed by atoms with E-state index in [1.54, 1.807) is 16.8 Å². The second kappa shape index (κ2) is 4.66. The van der Waals surface area contributed by atoms with Crippen LogP contribution < -0.4 is 10.6 Å². The average Bonchev–Trinajstić information content (AvgIpc) is 2.60. The van der Waals surface area contributed by atoms with Crippen molar-refractivity contribution in [3.63, 3.8) is 0 Å². The molecule has 1 unspecified atom stereocenters. The number of carbonyl (C=O) groups is 1. The number of hydrogen-bond acceptors (Lipinski definition) is 2. The van der Waals surface area contributed by atoms with Gasteiger partial charge < -0.3 is 10.6 Å². The number of benzene rings is 1. The summed E-state index contributed by atoms with van der Waals surface area (Å²) in [5, 5.41) is 0. The van der Waals surface area contributed by atoms with Crippen molar-refractivity contribution in [2.45, 2.75) is 13.0 Å². The van der Waals surface area contributed by atoms with Crippen molar-refractivity contribution in [2.75, 3.05) is 25.0 Å². The van der Waals surface area contributed by atoms with E-state index >= 15 is 0 Å². The van der Waals surface area contributed by atoms with Gasteiger partial charge in [0.25, 0.3) is 0 Å². The molecular formula is C12H16BrN3O. The first kappa shape index (κ1) is 12.4. The molecule has 17 heavy (non-hydrogen) atoms. The molecule has 1 heterocycles. The zero-order valence-corrected chi connectivity index (χ0v) is 11.6. The molecule has 0 aromatic heterocycles. The molecule has 2 amide bonds. The summed E-state index contributed by atoms with van der Waals surface area (Å²) in [7, 11) is 1.79. The summed E-state index contributed by atoms with van der Waals surface area (Å²) in [6.07, 6.45) is 0. The predicted octanol–water partition coefficient (Wildman–Crippen LogP) is 1.96. The number of nitrogens with two attached hydrogens (primary N) is 1. The smallest absolute Gasteiger partial charge is 0.324 e. The Morgan fingerprint density at radius 3 is 2.76 bits per heavy atom. The van der Waals surface area contributed by atoms with Crippen LogP contribution in [0.2, 0.25) is 0 Å².